The van der Waals surface area contributed by atoms with E-state index in [-0.39, 0.29) is 24.4 Å². The third kappa shape index (κ3) is 5.88. The van der Waals surface area contributed by atoms with Gasteiger partial charge in [-0.15, -0.1) is 0 Å². The lowest BCUT2D eigenvalue weighted by molar-refractivity contribution is -0.142. The molecule has 0 bridgehead atoms. The van der Waals surface area contributed by atoms with Gasteiger partial charge in [0.15, 0.2) is 0 Å². The molecule has 2 aromatic carbocycles. The fourth-order valence-electron chi connectivity index (χ4n) is 2.83. The van der Waals surface area contributed by atoms with Crippen LogP contribution in [0.15, 0.2) is 54.6 Å². The van der Waals surface area contributed by atoms with Crippen LogP contribution < -0.4 is 10.6 Å². The molecule has 0 saturated carbocycles. The first kappa shape index (κ1) is 23.3. The number of rotatable bonds is 7. The molecule has 0 aliphatic rings. The van der Waals surface area contributed by atoms with Gasteiger partial charge in [-0.25, -0.2) is 4.98 Å². The van der Waals surface area contributed by atoms with Crippen molar-refractivity contribution < 1.29 is 31.4 Å². The first-order valence-electron chi connectivity index (χ1n) is 9.42. The molecule has 0 atom stereocenters. The van der Waals surface area contributed by atoms with Crippen molar-refractivity contribution in [2.45, 2.75) is 18.8 Å². The van der Waals surface area contributed by atoms with Gasteiger partial charge in [0.25, 0.3) is 0 Å². The van der Waals surface area contributed by atoms with Gasteiger partial charge in [0.2, 0.25) is 5.95 Å². The maximum Gasteiger partial charge on any atom is 0.418 e. The zero-order valence-corrected chi connectivity index (χ0v) is 16.4. The Hall–Kier alpha value is -3.34. The molecule has 11 heteroatoms. The third-order valence-electron chi connectivity index (χ3n) is 4.33. The number of alkyl halides is 6. The number of aliphatic hydroxyl groups is 1. The van der Waals surface area contributed by atoms with Gasteiger partial charge < -0.3 is 15.7 Å². The fraction of sp³-hybridized carbons (Fsp3) is 0.238. The van der Waals surface area contributed by atoms with Crippen LogP contribution in [-0.4, -0.2) is 28.2 Å². The minimum absolute atomic E-state index is 0.0457. The lowest BCUT2D eigenvalue weighted by atomic mass is 10.1. The topological polar surface area (TPSA) is 70.1 Å². The summed E-state index contributed by atoms with van der Waals surface area (Å²) in [6, 6.07) is 11.5. The van der Waals surface area contributed by atoms with Gasteiger partial charge in [-0.3, -0.25) is 0 Å². The van der Waals surface area contributed by atoms with Gasteiger partial charge in [0.1, 0.15) is 5.82 Å². The summed E-state index contributed by atoms with van der Waals surface area (Å²) in [5, 5.41) is 14.3. The maximum atomic E-state index is 13.5. The Morgan fingerprint density at radius 3 is 2.19 bits per heavy atom. The normalized spacial score (nSPS) is 12.0. The molecule has 32 heavy (non-hydrogen) atoms. The van der Waals surface area contributed by atoms with Crippen molar-refractivity contribution >= 4 is 17.5 Å². The fourth-order valence-corrected chi connectivity index (χ4v) is 2.83. The number of benzene rings is 2. The zero-order chi connectivity index (χ0) is 23.4. The van der Waals surface area contributed by atoms with Crippen LogP contribution in [0.3, 0.4) is 0 Å². The molecule has 0 radical (unpaired) electrons. The lowest BCUT2D eigenvalue weighted by Gasteiger charge is -2.17. The smallest absolute Gasteiger partial charge is 0.396 e. The summed E-state index contributed by atoms with van der Waals surface area (Å²) in [6.07, 6.45) is -9.56. The van der Waals surface area contributed by atoms with E-state index in [9.17, 15) is 26.3 Å². The zero-order valence-electron chi connectivity index (χ0n) is 16.4. The van der Waals surface area contributed by atoms with Gasteiger partial charge in [0.05, 0.1) is 22.5 Å². The van der Waals surface area contributed by atoms with Gasteiger partial charge in [-0.1, -0.05) is 30.3 Å². The monoisotopic (exact) mass is 456 g/mol. The van der Waals surface area contributed by atoms with Crippen LogP contribution in [0.1, 0.15) is 17.5 Å². The minimum Gasteiger partial charge on any atom is -0.396 e. The molecular weight excluding hydrogens is 438 g/mol. The molecule has 0 saturated heterocycles. The van der Waals surface area contributed by atoms with E-state index in [0.717, 1.165) is 6.07 Å². The summed E-state index contributed by atoms with van der Waals surface area (Å²) < 4.78 is 79.2. The second kappa shape index (κ2) is 9.43. The number of hydrogen-bond acceptors (Lipinski definition) is 5. The molecule has 0 amide bonds. The Labute approximate surface area is 179 Å². The van der Waals surface area contributed by atoms with E-state index in [0.29, 0.717) is 30.3 Å². The summed E-state index contributed by atoms with van der Waals surface area (Å²) >= 11 is 0. The van der Waals surface area contributed by atoms with Crippen molar-refractivity contribution in [2.24, 2.45) is 0 Å². The molecule has 3 N–H and O–H groups in total. The van der Waals surface area contributed by atoms with Crippen LogP contribution in [0.5, 0.6) is 0 Å². The van der Waals surface area contributed by atoms with Crippen LogP contribution in [-0.2, 0) is 12.4 Å². The number of aromatic nitrogens is 2. The van der Waals surface area contributed by atoms with Crippen molar-refractivity contribution in [1.29, 1.82) is 0 Å². The van der Waals surface area contributed by atoms with E-state index < -0.39 is 29.2 Å². The Kier molecular flexibility index (Phi) is 6.87. The van der Waals surface area contributed by atoms with E-state index in [4.69, 9.17) is 5.11 Å². The third-order valence-corrected chi connectivity index (χ3v) is 4.33. The molecule has 1 aromatic heterocycles. The van der Waals surface area contributed by atoms with Crippen LogP contribution in [0, 0.1) is 0 Å². The number of hydrogen-bond donors (Lipinski definition) is 3. The molecule has 1 heterocycles. The highest BCUT2D eigenvalue weighted by Gasteiger charge is 2.38. The Balaban J connectivity index is 2.03. The van der Waals surface area contributed by atoms with E-state index in [2.05, 4.69) is 20.6 Å². The predicted octanol–water partition coefficient (Wildman–Crippen LogP) is 5.72. The van der Waals surface area contributed by atoms with Crippen molar-refractivity contribution in [3.8, 4) is 11.3 Å². The Bertz CT molecular complexity index is 1050. The van der Waals surface area contributed by atoms with Gasteiger partial charge >= 0.3 is 12.4 Å². The van der Waals surface area contributed by atoms with Crippen molar-refractivity contribution in [1.82, 2.24) is 9.97 Å². The quantitative estimate of drug-likeness (QED) is 0.314. The van der Waals surface area contributed by atoms with Crippen LogP contribution in [0.4, 0.5) is 43.8 Å². The molecule has 3 aromatic rings. The van der Waals surface area contributed by atoms with E-state index in [1.807, 2.05) is 0 Å². The molecule has 170 valence electrons. The SMILES string of the molecule is OCCCNc1nc(Nc2ccc(C(F)(F)F)cc2C(F)(F)F)cc(-c2ccccc2)n1. The number of anilines is 3. The average Bonchev–Trinajstić information content (AvgIpc) is 2.73. The van der Waals surface area contributed by atoms with Crippen molar-refractivity contribution in [3.63, 3.8) is 0 Å². The Morgan fingerprint density at radius 1 is 0.844 bits per heavy atom. The molecule has 0 aliphatic heterocycles. The van der Waals surface area contributed by atoms with Gasteiger partial charge in [-0.2, -0.15) is 31.3 Å². The average molecular weight is 456 g/mol. The minimum atomic E-state index is -5.03. The summed E-state index contributed by atoms with van der Waals surface area (Å²) in [7, 11) is 0. The van der Waals surface area contributed by atoms with Crippen LogP contribution >= 0.6 is 0 Å². The summed E-state index contributed by atoms with van der Waals surface area (Å²) in [5.74, 6) is 0.0402. The molecule has 3 rings (SSSR count). The highest BCUT2D eigenvalue weighted by atomic mass is 19.4. The molecule has 0 spiro atoms. The van der Waals surface area contributed by atoms with Gasteiger partial charge in [-0.05, 0) is 24.6 Å². The summed E-state index contributed by atoms with van der Waals surface area (Å²) in [4.78, 5) is 8.44. The number of aliphatic hydroxyl groups excluding tert-OH is 1. The number of halogens is 6. The van der Waals surface area contributed by atoms with E-state index in [1.54, 1.807) is 30.3 Å². The lowest BCUT2D eigenvalue weighted by Crippen LogP contribution is -2.14. The standard InChI is InChI=1S/C21H18F6N4O/c22-20(23,24)14-7-8-16(15(11-14)21(25,26)27)29-18-12-17(13-5-2-1-3-6-13)30-19(31-18)28-9-4-10-32/h1-3,5-8,11-12,32H,4,9-10H2,(H2,28,29,30,31). The molecule has 0 unspecified atom stereocenters. The van der Waals surface area contributed by atoms with Crippen LogP contribution in [0.2, 0.25) is 0 Å². The maximum absolute atomic E-state index is 13.5. The molecular formula is C21H18F6N4O. The Morgan fingerprint density at radius 2 is 1.56 bits per heavy atom. The van der Waals surface area contributed by atoms with Crippen LogP contribution in [0.25, 0.3) is 11.3 Å². The summed E-state index contributed by atoms with van der Waals surface area (Å²) in [5.41, 5.74) is -2.41. The van der Waals surface area contributed by atoms with Crippen molar-refractivity contribution in [2.75, 3.05) is 23.8 Å². The summed E-state index contributed by atoms with van der Waals surface area (Å²) in [6.45, 7) is 0.221. The second-order valence-electron chi connectivity index (χ2n) is 6.71. The van der Waals surface area contributed by atoms with Gasteiger partial charge in [0, 0.05) is 24.8 Å². The largest absolute Gasteiger partial charge is 0.418 e. The predicted molar refractivity (Wildman–Crippen MR) is 107 cm³/mol. The number of nitrogens with one attached hydrogen (secondary N) is 2. The van der Waals surface area contributed by atoms with E-state index >= 15 is 0 Å². The highest BCUT2D eigenvalue weighted by Crippen LogP contribution is 2.40. The highest BCUT2D eigenvalue weighted by molar-refractivity contribution is 5.69. The van der Waals surface area contributed by atoms with E-state index in [1.165, 1.54) is 6.07 Å². The second-order valence-corrected chi connectivity index (χ2v) is 6.71. The first-order chi connectivity index (χ1) is 15.1. The number of nitrogens with zero attached hydrogens (tertiary/aromatic N) is 2. The van der Waals surface area contributed by atoms with Crippen molar-refractivity contribution in [3.05, 3.63) is 65.7 Å². The molecule has 0 fully saturated rings. The first-order valence-corrected chi connectivity index (χ1v) is 9.42. The molecule has 0 aliphatic carbocycles. The molecule has 5 nitrogen and oxygen atoms in total.